The molecule has 0 aliphatic heterocycles. The zero-order chi connectivity index (χ0) is 15.4. The number of nitrogens with zero attached hydrogens (tertiary/aromatic N) is 1. The molecule has 0 aliphatic rings. The molecule has 3 nitrogen and oxygen atoms in total. The van der Waals surface area contributed by atoms with E-state index in [9.17, 15) is 4.79 Å². The second kappa shape index (κ2) is 6.44. The first kappa shape index (κ1) is 15.1. The molecule has 2 aromatic carbocycles. The number of anilines is 2. The fourth-order valence-corrected chi connectivity index (χ4v) is 2.44. The summed E-state index contributed by atoms with van der Waals surface area (Å²) in [5.41, 5.74) is 4.94. The van der Waals surface area contributed by atoms with E-state index in [-0.39, 0.29) is 5.91 Å². The summed E-state index contributed by atoms with van der Waals surface area (Å²) in [5.74, 6) is -0.0655. The summed E-state index contributed by atoms with van der Waals surface area (Å²) in [6.07, 6.45) is 0.898. The van der Waals surface area contributed by atoms with Crippen molar-refractivity contribution in [2.45, 2.75) is 20.3 Å². The topological polar surface area (TPSA) is 32.3 Å². The van der Waals surface area contributed by atoms with E-state index in [4.69, 9.17) is 0 Å². The number of hydrogen-bond acceptors (Lipinski definition) is 2. The lowest BCUT2D eigenvalue weighted by molar-refractivity contribution is 0.102. The van der Waals surface area contributed by atoms with Gasteiger partial charge in [-0.05, 0) is 48.7 Å². The van der Waals surface area contributed by atoms with Gasteiger partial charge in [-0.3, -0.25) is 4.79 Å². The number of carbonyl (C=O) groups excluding carboxylic acids is 1. The maximum absolute atomic E-state index is 12.4. The summed E-state index contributed by atoms with van der Waals surface area (Å²) in [6, 6.07) is 13.7. The van der Waals surface area contributed by atoms with Gasteiger partial charge in [-0.25, -0.2) is 0 Å². The highest BCUT2D eigenvalue weighted by Crippen LogP contribution is 2.21. The summed E-state index contributed by atoms with van der Waals surface area (Å²) >= 11 is 0. The number of amides is 1. The van der Waals surface area contributed by atoms with Gasteiger partial charge in [-0.15, -0.1) is 0 Å². The smallest absolute Gasteiger partial charge is 0.255 e. The maximum atomic E-state index is 12.4. The van der Waals surface area contributed by atoms with Crippen molar-refractivity contribution < 1.29 is 4.79 Å². The van der Waals surface area contributed by atoms with Crippen LogP contribution in [0.2, 0.25) is 0 Å². The molecule has 0 saturated carbocycles. The Bertz CT molecular complexity index is 647. The highest BCUT2D eigenvalue weighted by Gasteiger charge is 2.10. The van der Waals surface area contributed by atoms with Gasteiger partial charge in [0, 0.05) is 31.0 Å². The quantitative estimate of drug-likeness (QED) is 0.923. The minimum absolute atomic E-state index is 0.0655. The lowest BCUT2D eigenvalue weighted by atomic mass is 10.1. The maximum Gasteiger partial charge on any atom is 0.255 e. The average molecular weight is 282 g/mol. The predicted molar refractivity (Wildman–Crippen MR) is 89.3 cm³/mol. The molecule has 0 spiro atoms. The Morgan fingerprint density at radius 1 is 1.14 bits per heavy atom. The Morgan fingerprint density at radius 2 is 1.86 bits per heavy atom. The molecule has 0 saturated heterocycles. The molecule has 0 heterocycles. The molecule has 110 valence electrons. The van der Waals surface area contributed by atoms with Crippen molar-refractivity contribution in [3.8, 4) is 0 Å². The number of para-hydroxylation sites is 1. The van der Waals surface area contributed by atoms with E-state index in [1.807, 2.05) is 68.4 Å². The third-order valence-corrected chi connectivity index (χ3v) is 3.59. The molecule has 1 amide bonds. The van der Waals surface area contributed by atoms with Crippen LogP contribution < -0.4 is 10.2 Å². The van der Waals surface area contributed by atoms with Crippen LogP contribution in [0.3, 0.4) is 0 Å². The minimum Gasteiger partial charge on any atom is -0.377 e. The second-order valence-corrected chi connectivity index (χ2v) is 5.36. The van der Waals surface area contributed by atoms with Crippen LogP contribution in [0.4, 0.5) is 11.4 Å². The molecule has 0 aromatic heterocycles. The van der Waals surface area contributed by atoms with E-state index >= 15 is 0 Å². The fourth-order valence-electron chi connectivity index (χ4n) is 2.44. The molecule has 1 N–H and O–H groups in total. The molecule has 2 rings (SSSR count). The van der Waals surface area contributed by atoms with Crippen LogP contribution in [0.15, 0.2) is 42.5 Å². The van der Waals surface area contributed by atoms with E-state index in [2.05, 4.69) is 12.2 Å². The summed E-state index contributed by atoms with van der Waals surface area (Å²) in [4.78, 5) is 14.4. The van der Waals surface area contributed by atoms with E-state index in [0.717, 1.165) is 28.9 Å². The summed E-state index contributed by atoms with van der Waals surface area (Å²) in [6.45, 7) is 4.10. The van der Waals surface area contributed by atoms with Gasteiger partial charge in [0.2, 0.25) is 0 Å². The van der Waals surface area contributed by atoms with Crippen molar-refractivity contribution in [3.05, 3.63) is 59.2 Å². The fraction of sp³-hybridized carbons (Fsp3) is 0.278. The third-order valence-electron chi connectivity index (χ3n) is 3.59. The molecule has 2 aromatic rings. The number of rotatable bonds is 4. The second-order valence-electron chi connectivity index (χ2n) is 5.36. The van der Waals surface area contributed by atoms with Crippen molar-refractivity contribution in [2.75, 3.05) is 24.3 Å². The zero-order valence-electron chi connectivity index (χ0n) is 13.1. The van der Waals surface area contributed by atoms with E-state index in [0.29, 0.717) is 5.56 Å². The highest BCUT2D eigenvalue weighted by atomic mass is 16.1. The lowest BCUT2D eigenvalue weighted by Gasteiger charge is -2.16. The van der Waals surface area contributed by atoms with Crippen LogP contribution >= 0.6 is 0 Å². The lowest BCUT2D eigenvalue weighted by Crippen LogP contribution is -2.15. The summed E-state index contributed by atoms with van der Waals surface area (Å²) in [7, 11) is 4.00. The van der Waals surface area contributed by atoms with Crippen LogP contribution in [0, 0.1) is 6.92 Å². The van der Waals surface area contributed by atoms with Crippen molar-refractivity contribution in [2.24, 2.45) is 0 Å². The van der Waals surface area contributed by atoms with Crippen LogP contribution in [-0.4, -0.2) is 20.0 Å². The van der Waals surface area contributed by atoms with Crippen molar-refractivity contribution >= 4 is 17.3 Å². The van der Waals surface area contributed by atoms with E-state index in [1.165, 1.54) is 0 Å². The number of hydrogen-bond donors (Lipinski definition) is 1. The van der Waals surface area contributed by atoms with Crippen LogP contribution in [0.25, 0.3) is 0 Å². The standard InChI is InChI=1S/C18H22N2O/c1-5-14-8-6-7-9-16(14)19-18(21)15-10-11-17(20(3)4)13(2)12-15/h6-12H,5H2,1-4H3,(H,19,21). The van der Waals surface area contributed by atoms with Crippen molar-refractivity contribution in [1.29, 1.82) is 0 Å². The number of carbonyl (C=O) groups is 1. The van der Waals surface area contributed by atoms with Gasteiger partial charge in [0.1, 0.15) is 0 Å². The van der Waals surface area contributed by atoms with Gasteiger partial charge in [0.05, 0.1) is 0 Å². The third kappa shape index (κ3) is 3.43. The van der Waals surface area contributed by atoms with E-state index in [1.54, 1.807) is 0 Å². The van der Waals surface area contributed by atoms with Gasteiger partial charge >= 0.3 is 0 Å². The Hall–Kier alpha value is -2.29. The normalized spacial score (nSPS) is 10.3. The molecule has 0 aliphatic carbocycles. The average Bonchev–Trinajstić information content (AvgIpc) is 2.47. The Labute approximate surface area is 126 Å². The highest BCUT2D eigenvalue weighted by molar-refractivity contribution is 6.05. The van der Waals surface area contributed by atoms with Crippen LogP contribution in [-0.2, 0) is 6.42 Å². The molecular weight excluding hydrogens is 260 g/mol. The molecule has 0 unspecified atom stereocenters. The molecule has 3 heteroatoms. The number of benzene rings is 2. The minimum atomic E-state index is -0.0655. The Kier molecular flexibility index (Phi) is 4.63. The summed E-state index contributed by atoms with van der Waals surface area (Å²) < 4.78 is 0. The largest absolute Gasteiger partial charge is 0.377 e. The molecule has 0 bridgehead atoms. The van der Waals surface area contributed by atoms with Gasteiger partial charge in [-0.1, -0.05) is 25.1 Å². The van der Waals surface area contributed by atoms with Crippen LogP contribution in [0.5, 0.6) is 0 Å². The SMILES string of the molecule is CCc1ccccc1NC(=O)c1ccc(N(C)C)c(C)c1. The van der Waals surface area contributed by atoms with Gasteiger partial charge in [-0.2, -0.15) is 0 Å². The predicted octanol–water partition coefficient (Wildman–Crippen LogP) is 3.88. The van der Waals surface area contributed by atoms with Crippen molar-refractivity contribution in [3.63, 3.8) is 0 Å². The van der Waals surface area contributed by atoms with E-state index < -0.39 is 0 Å². The monoisotopic (exact) mass is 282 g/mol. The summed E-state index contributed by atoms with van der Waals surface area (Å²) in [5, 5.41) is 3.00. The first-order valence-corrected chi connectivity index (χ1v) is 7.20. The Balaban J connectivity index is 2.23. The first-order chi connectivity index (χ1) is 10.0. The molecule has 0 radical (unpaired) electrons. The first-order valence-electron chi connectivity index (χ1n) is 7.20. The zero-order valence-corrected chi connectivity index (χ0v) is 13.1. The molecular formula is C18H22N2O. The molecule has 0 atom stereocenters. The molecule has 21 heavy (non-hydrogen) atoms. The number of nitrogens with one attached hydrogen (secondary N) is 1. The molecule has 0 fully saturated rings. The Morgan fingerprint density at radius 3 is 2.48 bits per heavy atom. The number of aryl methyl sites for hydroxylation is 2. The van der Waals surface area contributed by atoms with Gasteiger partial charge in [0.25, 0.3) is 5.91 Å². The van der Waals surface area contributed by atoms with Crippen LogP contribution in [0.1, 0.15) is 28.4 Å². The van der Waals surface area contributed by atoms with Crippen molar-refractivity contribution in [1.82, 2.24) is 0 Å². The van der Waals surface area contributed by atoms with Gasteiger partial charge in [0.15, 0.2) is 0 Å². The van der Waals surface area contributed by atoms with Gasteiger partial charge < -0.3 is 10.2 Å².